The molecule has 12 heavy (non-hydrogen) atoms. The maximum absolute atomic E-state index is 2.44. The summed E-state index contributed by atoms with van der Waals surface area (Å²) in [4.78, 5) is 0. The van der Waals surface area contributed by atoms with Crippen LogP contribution >= 0.6 is 0 Å². The Bertz CT molecular complexity index is 128. The topological polar surface area (TPSA) is 0 Å². The molecule has 0 N–H and O–H groups in total. The SMILES string of the molecule is CCC(C)CCC(C)C1CC1C. The Kier molecular flexibility index (Phi) is 3.61. The van der Waals surface area contributed by atoms with Crippen molar-refractivity contribution in [3.05, 3.63) is 0 Å². The monoisotopic (exact) mass is 168 g/mol. The molecule has 1 fully saturated rings. The third kappa shape index (κ3) is 2.80. The van der Waals surface area contributed by atoms with Gasteiger partial charge in [0.15, 0.2) is 0 Å². The lowest BCUT2D eigenvalue weighted by Crippen LogP contribution is -2.02. The van der Waals surface area contributed by atoms with Crippen LogP contribution < -0.4 is 0 Å². The van der Waals surface area contributed by atoms with Gasteiger partial charge < -0.3 is 0 Å². The predicted octanol–water partition coefficient (Wildman–Crippen LogP) is 4.10. The van der Waals surface area contributed by atoms with Crippen molar-refractivity contribution in [3.8, 4) is 0 Å². The van der Waals surface area contributed by atoms with Crippen LogP contribution in [0.4, 0.5) is 0 Å². The summed E-state index contributed by atoms with van der Waals surface area (Å²) in [6.07, 6.45) is 5.76. The quantitative estimate of drug-likeness (QED) is 0.579. The van der Waals surface area contributed by atoms with Crippen LogP contribution in [0.2, 0.25) is 0 Å². The van der Waals surface area contributed by atoms with Gasteiger partial charge in [0.25, 0.3) is 0 Å². The molecule has 4 atom stereocenters. The van der Waals surface area contributed by atoms with Crippen molar-refractivity contribution < 1.29 is 0 Å². The zero-order valence-corrected chi connectivity index (χ0v) is 9.14. The summed E-state index contributed by atoms with van der Waals surface area (Å²) in [5, 5.41) is 0. The largest absolute Gasteiger partial charge is 0.0651 e. The Morgan fingerprint density at radius 1 is 1.25 bits per heavy atom. The van der Waals surface area contributed by atoms with E-state index < -0.39 is 0 Å². The Labute approximate surface area is 77.7 Å². The zero-order chi connectivity index (χ0) is 9.14. The highest BCUT2D eigenvalue weighted by molar-refractivity contribution is 4.86. The first-order chi connectivity index (χ1) is 5.65. The third-order valence-electron chi connectivity index (χ3n) is 3.71. The van der Waals surface area contributed by atoms with E-state index in [1.165, 1.54) is 25.7 Å². The molecule has 0 nitrogen and oxygen atoms in total. The van der Waals surface area contributed by atoms with Gasteiger partial charge in [-0.15, -0.1) is 0 Å². The van der Waals surface area contributed by atoms with Crippen molar-refractivity contribution in [2.45, 2.75) is 53.4 Å². The minimum Gasteiger partial charge on any atom is -0.0651 e. The summed E-state index contributed by atoms with van der Waals surface area (Å²) in [6, 6.07) is 0. The van der Waals surface area contributed by atoms with E-state index in [1.54, 1.807) is 0 Å². The van der Waals surface area contributed by atoms with Gasteiger partial charge in [0, 0.05) is 0 Å². The van der Waals surface area contributed by atoms with Crippen LogP contribution in [0.3, 0.4) is 0 Å². The van der Waals surface area contributed by atoms with E-state index in [-0.39, 0.29) is 0 Å². The highest BCUT2D eigenvalue weighted by Crippen LogP contribution is 2.45. The van der Waals surface area contributed by atoms with Gasteiger partial charge in [-0.2, -0.15) is 0 Å². The zero-order valence-electron chi connectivity index (χ0n) is 9.14. The van der Waals surface area contributed by atoms with Crippen molar-refractivity contribution in [1.82, 2.24) is 0 Å². The van der Waals surface area contributed by atoms with Crippen molar-refractivity contribution in [2.24, 2.45) is 23.7 Å². The number of rotatable bonds is 5. The van der Waals surface area contributed by atoms with Crippen molar-refractivity contribution in [1.29, 1.82) is 0 Å². The minimum absolute atomic E-state index is 0.946. The Hall–Kier alpha value is 0. The number of hydrogen-bond donors (Lipinski definition) is 0. The van der Waals surface area contributed by atoms with Gasteiger partial charge in [0.1, 0.15) is 0 Å². The second-order valence-corrected chi connectivity index (χ2v) is 4.94. The normalized spacial score (nSPS) is 33.0. The molecule has 4 unspecified atom stereocenters. The first-order valence-electron chi connectivity index (χ1n) is 5.65. The van der Waals surface area contributed by atoms with E-state index in [4.69, 9.17) is 0 Å². The van der Waals surface area contributed by atoms with Crippen LogP contribution in [0.15, 0.2) is 0 Å². The lowest BCUT2D eigenvalue weighted by Gasteiger charge is -2.13. The second kappa shape index (κ2) is 4.30. The fourth-order valence-corrected chi connectivity index (χ4v) is 2.11. The molecule has 0 aliphatic heterocycles. The molecule has 0 saturated heterocycles. The molecule has 1 aliphatic rings. The summed E-state index contributed by atoms with van der Waals surface area (Å²) >= 11 is 0. The average Bonchev–Trinajstić information content (AvgIpc) is 2.77. The van der Waals surface area contributed by atoms with Crippen LogP contribution in [-0.4, -0.2) is 0 Å². The summed E-state index contributed by atoms with van der Waals surface area (Å²) in [5.74, 6) is 4.06. The molecule has 0 aromatic rings. The van der Waals surface area contributed by atoms with E-state index in [0.29, 0.717) is 0 Å². The van der Waals surface area contributed by atoms with Crippen molar-refractivity contribution >= 4 is 0 Å². The van der Waals surface area contributed by atoms with Crippen LogP contribution in [-0.2, 0) is 0 Å². The van der Waals surface area contributed by atoms with E-state index in [9.17, 15) is 0 Å². The van der Waals surface area contributed by atoms with E-state index in [2.05, 4.69) is 27.7 Å². The van der Waals surface area contributed by atoms with Crippen LogP contribution in [0, 0.1) is 23.7 Å². The summed E-state index contributed by atoms with van der Waals surface area (Å²) < 4.78 is 0. The molecule has 0 aromatic heterocycles. The van der Waals surface area contributed by atoms with Gasteiger partial charge in [-0.25, -0.2) is 0 Å². The molecule has 0 spiro atoms. The molecule has 0 radical (unpaired) electrons. The molecule has 0 bridgehead atoms. The smallest absolute Gasteiger partial charge is 0.0360 e. The molecule has 0 heterocycles. The molecule has 72 valence electrons. The van der Waals surface area contributed by atoms with Crippen molar-refractivity contribution in [3.63, 3.8) is 0 Å². The summed E-state index contributed by atoms with van der Waals surface area (Å²) in [6.45, 7) is 9.51. The second-order valence-electron chi connectivity index (χ2n) is 4.94. The van der Waals surface area contributed by atoms with Gasteiger partial charge in [-0.05, 0) is 30.1 Å². The van der Waals surface area contributed by atoms with E-state index in [0.717, 1.165) is 23.7 Å². The molecule has 0 heteroatoms. The van der Waals surface area contributed by atoms with Crippen LogP contribution in [0.5, 0.6) is 0 Å². The lowest BCUT2D eigenvalue weighted by atomic mass is 9.93. The van der Waals surface area contributed by atoms with Gasteiger partial charge in [0.2, 0.25) is 0 Å². The minimum atomic E-state index is 0.946. The fourth-order valence-electron chi connectivity index (χ4n) is 2.11. The Balaban J connectivity index is 2.06. The molecule has 1 rings (SSSR count). The van der Waals surface area contributed by atoms with Crippen LogP contribution in [0.25, 0.3) is 0 Å². The fraction of sp³-hybridized carbons (Fsp3) is 1.00. The highest BCUT2D eigenvalue weighted by Gasteiger charge is 2.36. The number of hydrogen-bond acceptors (Lipinski definition) is 0. The molecule has 1 saturated carbocycles. The molecular formula is C12H24. The maximum atomic E-state index is 2.44. The first-order valence-corrected chi connectivity index (χ1v) is 5.65. The van der Waals surface area contributed by atoms with Gasteiger partial charge in [0.05, 0.1) is 0 Å². The van der Waals surface area contributed by atoms with E-state index >= 15 is 0 Å². The van der Waals surface area contributed by atoms with Crippen LogP contribution in [0.1, 0.15) is 53.4 Å². The Morgan fingerprint density at radius 2 is 1.83 bits per heavy atom. The standard InChI is InChI=1S/C12H24/c1-5-9(2)6-7-10(3)12-8-11(12)4/h9-12H,5-8H2,1-4H3. The predicted molar refractivity (Wildman–Crippen MR) is 55.1 cm³/mol. The highest BCUT2D eigenvalue weighted by atomic mass is 14.4. The summed E-state index contributed by atoms with van der Waals surface area (Å²) in [5.41, 5.74) is 0. The van der Waals surface area contributed by atoms with E-state index in [1.807, 2.05) is 0 Å². The van der Waals surface area contributed by atoms with Gasteiger partial charge >= 0.3 is 0 Å². The van der Waals surface area contributed by atoms with Crippen molar-refractivity contribution in [2.75, 3.05) is 0 Å². The maximum Gasteiger partial charge on any atom is -0.0360 e. The Morgan fingerprint density at radius 3 is 2.25 bits per heavy atom. The summed E-state index contributed by atoms with van der Waals surface area (Å²) in [7, 11) is 0. The van der Waals surface area contributed by atoms with Gasteiger partial charge in [-0.3, -0.25) is 0 Å². The lowest BCUT2D eigenvalue weighted by molar-refractivity contribution is 0.382. The molecule has 0 amide bonds. The molecular weight excluding hydrogens is 144 g/mol. The average molecular weight is 168 g/mol. The molecule has 0 aromatic carbocycles. The van der Waals surface area contributed by atoms with Gasteiger partial charge in [-0.1, -0.05) is 47.0 Å². The third-order valence-corrected chi connectivity index (χ3v) is 3.71. The molecule has 1 aliphatic carbocycles. The first kappa shape index (κ1) is 10.1.